The second-order valence-corrected chi connectivity index (χ2v) is 11.2. The molecule has 1 aromatic heterocycles. The van der Waals surface area contributed by atoms with Crippen molar-refractivity contribution in [1.29, 1.82) is 0 Å². The van der Waals surface area contributed by atoms with Gasteiger partial charge in [-0.2, -0.15) is 0 Å². The lowest BCUT2D eigenvalue weighted by atomic mass is 10.0. The molecule has 34 heavy (non-hydrogen) atoms. The highest BCUT2D eigenvalue weighted by atomic mass is 32.2. The van der Waals surface area contributed by atoms with Crippen LogP contribution in [0.3, 0.4) is 0 Å². The predicted molar refractivity (Wildman–Crippen MR) is 131 cm³/mol. The number of pyridine rings is 1. The number of rotatable bonds is 6. The van der Waals surface area contributed by atoms with E-state index in [0.29, 0.717) is 18.4 Å². The van der Waals surface area contributed by atoms with Gasteiger partial charge in [0.05, 0.1) is 5.25 Å². The Morgan fingerprint density at radius 1 is 0.912 bits per heavy atom. The van der Waals surface area contributed by atoms with Crippen molar-refractivity contribution in [2.45, 2.75) is 49.7 Å². The fourth-order valence-corrected chi connectivity index (χ4v) is 6.27. The smallest absolute Gasteiger partial charge is 0.264 e. The molecule has 0 aliphatic heterocycles. The molecule has 3 aromatic rings. The van der Waals surface area contributed by atoms with Crippen molar-refractivity contribution in [1.82, 2.24) is 9.71 Å². The third-order valence-corrected chi connectivity index (χ3v) is 8.68. The molecule has 0 unspecified atom stereocenters. The first-order chi connectivity index (χ1) is 16.4. The van der Waals surface area contributed by atoms with E-state index in [2.05, 4.69) is 15.0 Å². The van der Waals surface area contributed by atoms with E-state index in [1.807, 2.05) is 36.4 Å². The van der Waals surface area contributed by atoms with Crippen LogP contribution in [-0.4, -0.2) is 30.5 Å². The van der Waals surface area contributed by atoms with Gasteiger partial charge in [0.1, 0.15) is 0 Å². The molecule has 2 aliphatic carbocycles. The molecule has 2 saturated carbocycles. The van der Waals surface area contributed by atoms with Crippen molar-refractivity contribution >= 4 is 38.3 Å². The van der Waals surface area contributed by atoms with Crippen molar-refractivity contribution in [3.8, 4) is 0 Å². The average molecular weight is 478 g/mol. The summed E-state index contributed by atoms with van der Waals surface area (Å²) in [6.45, 7) is 0. The molecule has 5 rings (SSSR count). The van der Waals surface area contributed by atoms with E-state index in [1.54, 1.807) is 24.5 Å². The highest BCUT2D eigenvalue weighted by Gasteiger charge is 2.44. The SMILES string of the molecule is O=C(NS(=O)(=O)C1CCCCC1)c1ccc([C@@H]2C[C@H]2C(=O)Nc2ccc3cnccc3c2)cc1. The Morgan fingerprint density at radius 2 is 1.68 bits per heavy atom. The Hall–Kier alpha value is -3.26. The number of nitrogens with one attached hydrogen (secondary N) is 2. The highest BCUT2D eigenvalue weighted by molar-refractivity contribution is 7.90. The molecule has 2 atom stereocenters. The van der Waals surface area contributed by atoms with E-state index < -0.39 is 21.2 Å². The molecule has 1 heterocycles. The molecule has 2 aliphatic rings. The number of hydrogen-bond acceptors (Lipinski definition) is 5. The van der Waals surface area contributed by atoms with Crippen LogP contribution in [-0.2, 0) is 14.8 Å². The molecule has 7 nitrogen and oxygen atoms in total. The fraction of sp³-hybridized carbons (Fsp3) is 0.346. The van der Waals surface area contributed by atoms with Crippen molar-refractivity contribution < 1.29 is 18.0 Å². The van der Waals surface area contributed by atoms with Gasteiger partial charge in [-0.25, -0.2) is 13.1 Å². The lowest BCUT2D eigenvalue weighted by Crippen LogP contribution is -2.39. The van der Waals surface area contributed by atoms with Crippen molar-refractivity contribution in [2.24, 2.45) is 5.92 Å². The number of nitrogens with zero attached hydrogens (tertiary/aromatic N) is 1. The van der Waals surface area contributed by atoms with Gasteiger partial charge >= 0.3 is 0 Å². The minimum absolute atomic E-state index is 0.0289. The molecule has 0 saturated heterocycles. The number of aromatic nitrogens is 1. The third-order valence-electron chi connectivity index (χ3n) is 6.86. The first-order valence-corrected chi connectivity index (χ1v) is 13.3. The highest BCUT2D eigenvalue weighted by Crippen LogP contribution is 2.48. The fourth-order valence-electron chi connectivity index (χ4n) is 4.78. The summed E-state index contributed by atoms with van der Waals surface area (Å²) in [6, 6.07) is 14.5. The summed E-state index contributed by atoms with van der Waals surface area (Å²) in [5, 5.41) is 4.53. The monoisotopic (exact) mass is 477 g/mol. The van der Waals surface area contributed by atoms with Crippen LogP contribution in [0.2, 0.25) is 0 Å². The van der Waals surface area contributed by atoms with Gasteiger partial charge in [0.15, 0.2) is 0 Å². The second kappa shape index (κ2) is 9.18. The molecular weight excluding hydrogens is 450 g/mol. The number of carbonyl (C=O) groups excluding carboxylic acids is 2. The van der Waals surface area contributed by atoms with E-state index in [-0.39, 0.29) is 17.7 Å². The van der Waals surface area contributed by atoms with E-state index in [0.717, 1.165) is 47.7 Å². The van der Waals surface area contributed by atoms with Crippen LogP contribution in [0.5, 0.6) is 0 Å². The van der Waals surface area contributed by atoms with E-state index in [9.17, 15) is 18.0 Å². The number of anilines is 1. The maximum atomic E-state index is 12.7. The minimum atomic E-state index is -3.66. The third kappa shape index (κ3) is 4.82. The van der Waals surface area contributed by atoms with Crippen LogP contribution in [0.15, 0.2) is 60.9 Å². The summed E-state index contributed by atoms with van der Waals surface area (Å²) in [4.78, 5) is 29.3. The lowest BCUT2D eigenvalue weighted by molar-refractivity contribution is -0.117. The van der Waals surface area contributed by atoms with Crippen molar-refractivity contribution in [3.05, 3.63) is 72.1 Å². The van der Waals surface area contributed by atoms with E-state index in [4.69, 9.17) is 0 Å². The molecule has 0 radical (unpaired) electrons. The molecule has 2 fully saturated rings. The number of amides is 2. The number of fused-ring (bicyclic) bond motifs is 1. The Bertz CT molecular complexity index is 1330. The molecule has 2 N–H and O–H groups in total. The number of hydrogen-bond donors (Lipinski definition) is 2. The Kier molecular flexibility index (Phi) is 6.08. The zero-order chi connectivity index (χ0) is 23.7. The molecule has 0 spiro atoms. The van der Waals surface area contributed by atoms with E-state index >= 15 is 0 Å². The number of sulfonamides is 1. The second-order valence-electron chi connectivity index (χ2n) is 9.23. The molecule has 0 bridgehead atoms. The molecule has 8 heteroatoms. The van der Waals surface area contributed by atoms with Gasteiger partial charge in [-0.05, 0) is 66.5 Å². The maximum absolute atomic E-state index is 12.7. The summed E-state index contributed by atoms with van der Waals surface area (Å²) in [5.74, 6) is -0.667. The predicted octanol–water partition coefficient (Wildman–Crippen LogP) is 4.37. The average Bonchev–Trinajstić information content (AvgIpc) is 3.66. The maximum Gasteiger partial charge on any atom is 0.264 e. The summed E-state index contributed by atoms with van der Waals surface area (Å²) in [5.41, 5.74) is 2.02. The zero-order valence-corrected chi connectivity index (χ0v) is 19.6. The first-order valence-electron chi connectivity index (χ1n) is 11.7. The van der Waals surface area contributed by atoms with E-state index in [1.165, 1.54) is 0 Å². The molecule has 2 aromatic carbocycles. The standard InChI is InChI=1S/C26H27N3O4S/c30-25(29-34(32,33)22-4-2-1-3-5-22)18-8-6-17(7-9-18)23-15-24(23)26(31)28-21-11-10-20-16-27-13-12-19(20)14-21/h6-14,16,22-24H,1-5,15H2,(H,28,31)(H,29,30)/t23-,24+/m0/s1. The largest absolute Gasteiger partial charge is 0.326 e. The topological polar surface area (TPSA) is 105 Å². The Balaban J connectivity index is 1.18. The van der Waals surface area contributed by atoms with Crippen LogP contribution in [0.1, 0.15) is 60.4 Å². The quantitative estimate of drug-likeness (QED) is 0.549. The minimum Gasteiger partial charge on any atom is -0.326 e. The van der Waals surface area contributed by atoms with Gasteiger partial charge in [0, 0.05) is 34.9 Å². The first kappa shape index (κ1) is 22.5. The number of carbonyl (C=O) groups is 2. The van der Waals surface area contributed by atoms with Gasteiger partial charge in [0.2, 0.25) is 15.9 Å². The van der Waals surface area contributed by atoms with Crippen LogP contribution in [0.25, 0.3) is 10.8 Å². The number of benzene rings is 2. The van der Waals surface area contributed by atoms with Crippen LogP contribution in [0, 0.1) is 5.92 Å². The van der Waals surface area contributed by atoms with Crippen LogP contribution in [0.4, 0.5) is 5.69 Å². The zero-order valence-electron chi connectivity index (χ0n) is 18.7. The Labute approximate surface area is 199 Å². The lowest BCUT2D eigenvalue weighted by Gasteiger charge is -2.21. The van der Waals surface area contributed by atoms with Gasteiger partial charge in [0.25, 0.3) is 5.91 Å². The molecular formula is C26H27N3O4S. The summed E-state index contributed by atoms with van der Waals surface area (Å²) >= 11 is 0. The van der Waals surface area contributed by atoms with Crippen molar-refractivity contribution in [3.63, 3.8) is 0 Å². The van der Waals surface area contributed by atoms with Gasteiger partial charge in [-0.15, -0.1) is 0 Å². The van der Waals surface area contributed by atoms with Gasteiger partial charge in [-0.1, -0.05) is 37.5 Å². The summed E-state index contributed by atoms with van der Waals surface area (Å²) in [7, 11) is -3.66. The summed E-state index contributed by atoms with van der Waals surface area (Å²) in [6.07, 6.45) is 8.25. The summed E-state index contributed by atoms with van der Waals surface area (Å²) < 4.78 is 27.3. The van der Waals surface area contributed by atoms with Crippen LogP contribution >= 0.6 is 0 Å². The Morgan fingerprint density at radius 3 is 2.44 bits per heavy atom. The van der Waals surface area contributed by atoms with Gasteiger partial charge < -0.3 is 5.32 Å². The van der Waals surface area contributed by atoms with Crippen molar-refractivity contribution in [2.75, 3.05) is 5.32 Å². The molecule has 2 amide bonds. The normalized spacial score (nSPS) is 20.6. The van der Waals surface area contributed by atoms with Crippen LogP contribution < -0.4 is 10.0 Å². The van der Waals surface area contributed by atoms with Gasteiger partial charge in [-0.3, -0.25) is 14.6 Å². The molecule has 176 valence electrons.